The lowest BCUT2D eigenvalue weighted by atomic mass is 10.0. The lowest BCUT2D eigenvalue weighted by Crippen LogP contribution is -1.89. The standard InChI is InChI=1S/C7H16.C2H7N.C2H6.CH4S/c1-4-6-7(3)5-2;1-3-2;2*1-2/h7H,4-6H2,1-3H3;3H,1-2H3;1-2H3;2H,1H3. The smallest absolute Gasteiger partial charge is 0.0167 e. The summed E-state index contributed by atoms with van der Waals surface area (Å²) in [5, 5.41) is 2.75. The van der Waals surface area contributed by atoms with Crippen molar-refractivity contribution < 1.29 is 0 Å². The van der Waals surface area contributed by atoms with Crippen LogP contribution in [0.2, 0.25) is 0 Å². The monoisotopic (exact) mass is 223 g/mol. The molecule has 0 aromatic heterocycles. The Morgan fingerprint density at radius 2 is 1.36 bits per heavy atom. The first-order valence-electron chi connectivity index (χ1n) is 5.76. The van der Waals surface area contributed by atoms with E-state index < -0.39 is 0 Å². The highest BCUT2D eigenvalue weighted by Gasteiger charge is 1.92. The zero-order chi connectivity index (χ0) is 12.4. The second-order valence-electron chi connectivity index (χ2n) is 2.80. The number of thiol groups is 1. The molecule has 1 atom stereocenters. The quantitative estimate of drug-likeness (QED) is 0.682. The largest absolute Gasteiger partial charge is 0.323 e. The molecule has 0 radical (unpaired) electrons. The maximum absolute atomic E-state index is 3.53. The Bertz CT molecular complexity index is 49.6. The van der Waals surface area contributed by atoms with E-state index in [4.69, 9.17) is 0 Å². The zero-order valence-corrected chi connectivity index (χ0v) is 12.5. The molecule has 2 heteroatoms. The van der Waals surface area contributed by atoms with Gasteiger partial charge in [0.25, 0.3) is 0 Å². The second kappa shape index (κ2) is 37.7. The van der Waals surface area contributed by atoms with Gasteiger partial charge in [-0.25, -0.2) is 0 Å². The van der Waals surface area contributed by atoms with Crippen LogP contribution in [0.25, 0.3) is 0 Å². The Morgan fingerprint density at radius 1 is 1.07 bits per heavy atom. The third kappa shape index (κ3) is 55.8. The van der Waals surface area contributed by atoms with Crippen LogP contribution in [0.1, 0.15) is 53.9 Å². The van der Waals surface area contributed by atoms with Crippen molar-refractivity contribution in [3.8, 4) is 0 Å². The van der Waals surface area contributed by atoms with Crippen LogP contribution < -0.4 is 5.32 Å². The van der Waals surface area contributed by atoms with E-state index in [0.29, 0.717) is 0 Å². The van der Waals surface area contributed by atoms with Gasteiger partial charge >= 0.3 is 0 Å². The minimum Gasteiger partial charge on any atom is -0.323 e. The molecule has 0 bridgehead atoms. The number of rotatable bonds is 3. The maximum atomic E-state index is 3.53. The molecule has 0 aliphatic rings. The summed E-state index contributed by atoms with van der Waals surface area (Å²) in [7, 11) is 3.75. The molecule has 1 unspecified atom stereocenters. The van der Waals surface area contributed by atoms with E-state index in [1.165, 1.54) is 19.3 Å². The van der Waals surface area contributed by atoms with Crippen molar-refractivity contribution in [2.45, 2.75) is 53.9 Å². The Morgan fingerprint density at radius 3 is 1.43 bits per heavy atom. The van der Waals surface area contributed by atoms with Crippen LogP contribution in [0.3, 0.4) is 0 Å². The van der Waals surface area contributed by atoms with Gasteiger partial charge in [0.15, 0.2) is 0 Å². The Hall–Kier alpha value is 0.310. The number of nitrogens with one attached hydrogen (secondary N) is 1. The average Bonchev–Trinajstić information content (AvgIpc) is 2.25. The second-order valence-corrected chi connectivity index (χ2v) is 2.80. The van der Waals surface area contributed by atoms with Gasteiger partial charge in [0.05, 0.1) is 0 Å². The molecule has 92 valence electrons. The highest BCUT2D eigenvalue weighted by atomic mass is 32.1. The van der Waals surface area contributed by atoms with Crippen molar-refractivity contribution in [1.29, 1.82) is 0 Å². The predicted octanol–water partition coefficient (Wildman–Crippen LogP) is 4.24. The van der Waals surface area contributed by atoms with Crippen LogP contribution in [0.15, 0.2) is 0 Å². The summed E-state index contributed by atoms with van der Waals surface area (Å²) < 4.78 is 0. The normalized spacial score (nSPS) is 9.21. The summed E-state index contributed by atoms with van der Waals surface area (Å²) in [5.74, 6) is 0.949. The van der Waals surface area contributed by atoms with E-state index >= 15 is 0 Å². The van der Waals surface area contributed by atoms with Gasteiger partial charge in [-0.15, -0.1) is 0 Å². The van der Waals surface area contributed by atoms with Gasteiger partial charge in [-0.2, -0.15) is 12.6 Å². The molecule has 0 aliphatic heterocycles. The van der Waals surface area contributed by atoms with Crippen molar-refractivity contribution >= 4 is 12.6 Å². The van der Waals surface area contributed by atoms with Gasteiger partial charge in [-0.1, -0.05) is 53.9 Å². The summed E-state index contributed by atoms with van der Waals surface area (Å²) in [6.45, 7) is 10.8. The minimum absolute atomic E-state index is 0.949. The summed E-state index contributed by atoms with van der Waals surface area (Å²) in [6.07, 6.45) is 5.78. The fourth-order valence-corrected chi connectivity index (χ4v) is 0.697. The fraction of sp³-hybridized carbons (Fsp3) is 1.00. The molecule has 0 rings (SSSR count). The number of hydrogen-bond acceptors (Lipinski definition) is 2. The van der Waals surface area contributed by atoms with Gasteiger partial charge in [0, 0.05) is 0 Å². The molecular formula is C12H33NS. The van der Waals surface area contributed by atoms with Crippen LogP contribution in [0.4, 0.5) is 0 Å². The SMILES string of the molecule is CC.CCCC(C)CC.CNC.CS. The van der Waals surface area contributed by atoms with Crippen LogP contribution in [-0.4, -0.2) is 20.4 Å². The molecule has 0 aromatic carbocycles. The van der Waals surface area contributed by atoms with Crippen molar-refractivity contribution in [3.63, 3.8) is 0 Å². The first-order chi connectivity index (χ1) is 6.72. The first-order valence-corrected chi connectivity index (χ1v) is 6.65. The number of hydrogen-bond donors (Lipinski definition) is 2. The molecule has 1 N–H and O–H groups in total. The lowest BCUT2D eigenvalue weighted by Gasteiger charge is -2.02. The minimum atomic E-state index is 0.949. The summed E-state index contributed by atoms with van der Waals surface area (Å²) in [4.78, 5) is 0. The van der Waals surface area contributed by atoms with Crippen LogP contribution >= 0.6 is 12.6 Å². The fourth-order valence-electron chi connectivity index (χ4n) is 0.697. The molecule has 0 saturated carbocycles. The maximum Gasteiger partial charge on any atom is -0.0167 e. The van der Waals surface area contributed by atoms with E-state index in [0.717, 1.165) is 5.92 Å². The predicted molar refractivity (Wildman–Crippen MR) is 75.6 cm³/mol. The Kier molecular flexibility index (Phi) is 64.3. The summed E-state index contributed by atoms with van der Waals surface area (Å²) in [6, 6.07) is 0. The third-order valence-electron chi connectivity index (χ3n) is 1.48. The topological polar surface area (TPSA) is 12.0 Å². The average molecular weight is 223 g/mol. The van der Waals surface area contributed by atoms with E-state index in [2.05, 4.69) is 38.7 Å². The molecule has 0 saturated heterocycles. The van der Waals surface area contributed by atoms with Gasteiger partial charge in [-0.3, -0.25) is 0 Å². The molecule has 1 nitrogen and oxygen atoms in total. The molecule has 0 aliphatic carbocycles. The molecule has 0 spiro atoms. The van der Waals surface area contributed by atoms with Crippen molar-refractivity contribution in [2.75, 3.05) is 20.4 Å². The molecule has 0 amide bonds. The first kappa shape index (κ1) is 23.8. The van der Waals surface area contributed by atoms with Crippen molar-refractivity contribution in [2.24, 2.45) is 5.92 Å². The highest BCUT2D eigenvalue weighted by molar-refractivity contribution is 7.79. The Balaban J connectivity index is -0.0000000603. The van der Waals surface area contributed by atoms with Crippen LogP contribution in [0.5, 0.6) is 0 Å². The molecular weight excluding hydrogens is 190 g/mol. The molecule has 0 heterocycles. The highest BCUT2D eigenvalue weighted by Crippen LogP contribution is 2.07. The molecule has 0 fully saturated rings. The van der Waals surface area contributed by atoms with E-state index in [1.54, 1.807) is 6.26 Å². The summed E-state index contributed by atoms with van der Waals surface area (Å²) >= 11 is 3.53. The third-order valence-corrected chi connectivity index (χ3v) is 1.48. The van der Waals surface area contributed by atoms with Crippen LogP contribution in [0, 0.1) is 5.92 Å². The summed E-state index contributed by atoms with van der Waals surface area (Å²) in [5.41, 5.74) is 0. The lowest BCUT2D eigenvalue weighted by molar-refractivity contribution is 0.509. The molecule has 14 heavy (non-hydrogen) atoms. The van der Waals surface area contributed by atoms with Crippen LogP contribution in [-0.2, 0) is 0 Å². The van der Waals surface area contributed by atoms with Gasteiger partial charge in [0.2, 0.25) is 0 Å². The zero-order valence-electron chi connectivity index (χ0n) is 11.6. The molecule has 0 aromatic rings. The van der Waals surface area contributed by atoms with E-state index in [1.807, 2.05) is 27.9 Å². The van der Waals surface area contributed by atoms with Crippen molar-refractivity contribution in [1.82, 2.24) is 5.32 Å². The van der Waals surface area contributed by atoms with Crippen molar-refractivity contribution in [3.05, 3.63) is 0 Å². The van der Waals surface area contributed by atoms with Gasteiger partial charge < -0.3 is 5.32 Å². The van der Waals surface area contributed by atoms with Gasteiger partial charge in [-0.05, 0) is 26.3 Å². The van der Waals surface area contributed by atoms with Gasteiger partial charge in [0.1, 0.15) is 0 Å². The Labute approximate surface area is 98.5 Å². The van der Waals surface area contributed by atoms with E-state index in [-0.39, 0.29) is 0 Å². The van der Waals surface area contributed by atoms with E-state index in [9.17, 15) is 0 Å².